The molecule has 0 unspecified atom stereocenters. The monoisotopic (exact) mass is 372 g/mol. The van der Waals surface area contributed by atoms with Gasteiger partial charge in [-0.3, -0.25) is 4.79 Å². The minimum atomic E-state index is -0.123. The van der Waals surface area contributed by atoms with Gasteiger partial charge in [-0.05, 0) is 49.6 Å². The zero-order chi connectivity index (χ0) is 17.6. The summed E-state index contributed by atoms with van der Waals surface area (Å²) < 4.78 is 0. The fourth-order valence-corrected chi connectivity index (χ4v) is 3.91. The molecule has 1 amide bonds. The highest BCUT2D eigenvalue weighted by Gasteiger charge is 2.46. The van der Waals surface area contributed by atoms with Gasteiger partial charge >= 0.3 is 0 Å². The van der Waals surface area contributed by atoms with Crippen molar-refractivity contribution < 1.29 is 4.79 Å². The smallest absolute Gasteiger partial charge is 0.251 e. The Bertz CT molecular complexity index is 973. The first kappa shape index (κ1) is 16.5. The van der Waals surface area contributed by atoms with Crippen molar-refractivity contribution >= 4 is 40.0 Å². The largest absolute Gasteiger partial charge is 0.358 e. The van der Waals surface area contributed by atoms with Crippen molar-refractivity contribution in [3.8, 4) is 0 Å². The maximum atomic E-state index is 12.5. The number of aromatic amines is 1. The van der Waals surface area contributed by atoms with E-state index in [1.165, 1.54) is 16.6 Å². The van der Waals surface area contributed by atoms with E-state index in [1.807, 2.05) is 6.07 Å². The van der Waals surface area contributed by atoms with Crippen LogP contribution >= 0.6 is 23.2 Å². The molecule has 128 valence electrons. The number of nitrogens with one attached hydrogen (secondary N) is 2. The zero-order valence-corrected chi connectivity index (χ0v) is 15.3. The van der Waals surface area contributed by atoms with Crippen molar-refractivity contribution in [2.24, 2.45) is 0 Å². The second kappa shape index (κ2) is 6.08. The molecule has 2 N–H and O–H groups in total. The van der Waals surface area contributed by atoms with Gasteiger partial charge in [-0.1, -0.05) is 41.4 Å². The number of amides is 1. The SMILES string of the molecule is Cc1[nH]c2ccccc2c1C1(CNC(=O)c2ccc(Cl)c(Cl)c2)CC1. The maximum Gasteiger partial charge on any atom is 0.251 e. The molecule has 1 aliphatic carbocycles. The molecule has 0 aliphatic heterocycles. The first-order chi connectivity index (χ1) is 12.0. The summed E-state index contributed by atoms with van der Waals surface area (Å²) in [5.74, 6) is -0.123. The van der Waals surface area contributed by atoms with E-state index in [-0.39, 0.29) is 11.3 Å². The van der Waals surface area contributed by atoms with Gasteiger partial charge in [0, 0.05) is 34.1 Å². The molecule has 2 aromatic carbocycles. The van der Waals surface area contributed by atoms with Crippen LogP contribution in [0.3, 0.4) is 0 Å². The summed E-state index contributed by atoms with van der Waals surface area (Å²) in [4.78, 5) is 15.9. The van der Waals surface area contributed by atoms with Gasteiger partial charge in [-0.25, -0.2) is 0 Å². The van der Waals surface area contributed by atoms with Crippen molar-refractivity contribution in [2.75, 3.05) is 6.54 Å². The minimum Gasteiger partial charge on any atom is -0.358 e. The Morgan fingerprint density at radius 3 is 2.64 bits per heavy atom. The number of carbonyl (C=O) groups excluding carboxylic acids is 1. The highest BCUT2D eigenvalue weighted by molar-refractivity contribution is 6.42. The van der Waals surface area contributed by atoms with Gasteiger partial charge in [0.05, 0.1) is 10.0 Å². The molecule has 5 heteroatoms. The standard InChI is InChI=1S/C20H18Cl2N2O/c1-12-18(14-4-2-3-5-17(14)24-12)20(8-9-20)11-23-19(25)13-6-7-15(21)16(22)10-13/h2-7,10,24H,8-9,11H2,1H3,(H,23,25). The summed E-state index contributed by atoms with van der Waals surface area (Å²) in [5, 5.41) is 5.17. The summed E-state index contributed by atoms with van der Waals surface area (Å²) in [6.45, 7) is 2.73. The number of carbonyl (C=O) groups is 1. The van der Waals surface area contributed by atoms with Crippen LogP contribution in [0.1, 0.15) is 34.5 Å². The van der Waals surface area contributed by atoms with Crippen LogP contribution in [0.25, 0.3) is 10.9 Å². The van der Waals surface area contributed by atoms with Crippen LogP contribution in [0.15, 0.2) is 42.5 Å². The first-order valence-corrected chi connectivity index (χ1v) is 9.07. The van der Waals surface area contributed by atoms with Crippen LogP contribution in [-0.4, -0.2) is 17.4 Å². The van der Waals surface area contributed by atoms with Crippen molar-refractivity contribution in [3.63, 3.8) is 0 Å². The van der Waals surface area contributed by atoms with E-state index in [2.05, 4.69) is 35.4 Å². The van der Waals surface area contributed by atoms with Gasteiger partial charge < -0.3 is 10.3 Å². The van der Waals surface area contributed by atoms with Gasteiger partial charge in [0.1, 0.15) is 0 Å². The number of hydrogen-bond acceptors (Lipinski definition) is 1. The predicted molar refractivity (Wildman–Crippen MR) is 103 cm³/mol. The van der Waals surface area contributed by atoms with Crippen LogP contribution in [0.4, 0.5) is 0 Å². The highest BCUT2D eigenvalue weighted by atomic mass is 35.5. The molecule has 0 saturated heterocycles. The summed E-state index contributed by atoms with van der Waals surface area (Å²) >= 11 is 11.9. The number of para-hydroxylation sites is 1. The lowest BCUT2D eigenvalue weighted by Crippen LogP contribution is -2.32. The van der Waals surface area contributed by atoms with Gasteiger partial charge in [-0.2, -0.15) is 0 Å². The van der Waals surface area contributed by atoms with E-state index in [0.29, 0.717) is 22.2 Å². The molecule has 4 rings (SSSR count). The van der Waals surface area contributed by atoms with Gasteiger partial charge in [0.15, 0.2) is 0 Å². The van der Waals surface area contributed by atoms with Crippen LogP contribution in [0.5, 0.6) is 0 Å². The highest BCUT2D eigenvalue weighted by Crippen LogP contribution is 2.51. The minimum absolute atomic E-state index is 0.0234. The van der Waals surface area contributed by atoms with Crippen LogP contribution in [0.2, 0.25) is 10.0 Å². The molecule has 0 bridgehead atoms. The summed E-state index contributed by atoms with van der Waals surface area (Å²) in [6.07, 6.45) is 2.16. The molecule has 1 aromatic heterocycles. The molecule has 0 atom stereocenters. The second-order valence-electron chi connectivity index (χ2n) is 6.76. The Morgan fingerprint density at radius 1 is 1.16 bits per heavy atom. The molecule has 1 aliphatic rings. The first-order valence-electron chi connectivity index (χ1n) is 8.31. The summed E-state index contributed by atoms with van der Waals surface area (Å²) in [5.41, 5.74) is 4.22. The molecule has 1 saturated carbocycles. The Morgan fingerprint density at radius 2 is 1.92 bits per heavy atom. The van der Waals surface area contributed by atoms with Gasteiger partial charge in [-0.15, -0.1) is 0 Å². The fourth-order valence-electron chi connectivity index (χ4n) is 3.62. The third-order valence-electron chi connectivity index (χ3n) is 5.05. The number of fused-ring (bicyclic) bond motifs is 1. The van der Waals surface area contributed by atoms with Crippen molar-refractivity contribution in [2.45, 2.75) is 25.2 Å². The normalized spacial score (nSPS) is 15.3. The third-order valence-corrected chi connectivity index (χ3v) is 5.79. The number of halogens is 2. The van der Waals surface area contributed by atoms with Crippen LogP contribution in [0, 0.1) is 6.92 Å². The van der Waals surface area contributed by atoms with E-state index in [0.717, 1.165) is 18.4 Å². The Hall–Kier alpha value is -1.97. The summed E-state index contributed by atoms with van der Waals surface area (Å²) in [6, 6.07) is 13.3. The number of rotatable bonds is 4. The van der Waals surface area contributed by atoms with Crippen molar-refractivity contribution in [1.82, 2.24) is 10.3 Å². The quantitative estimate of drug-likeness (QED) is 0.645. The Labute approximate surface area is 156 Å². The lowest BCUT2D eigenvalue weighted by atomic mass is 9.93. The number of hydrogen-bond donors (Lipinski definition) is 2. The Kier molecular flexibility index (Phi) is 4.01. The molecule has 25 heavy (non-hydrogen) atoms. The van der Waals surface area contributed by atoms with Crippen molar-refractivity contribution in [3.05, 3.63) is 69.3 Å². The fraction of sp³-hybridized carbons (Fsp3) is 0.250. The average molecular weight is 373 g/mol. The van der Waals surface area contributed by atoms with Crippen molar-refractivity contribution in [1.29, 1.82) is 0 Å². The van der Waals surface area contributed by atoms with E-state index in [9.17, 15) is 4.79 Å². The van der Waals surface area contributed by atoms with Crippen LogP contribution in [-0.2, 0) is 5.41 Å². The Balaban J connectivity index is 1.57. The molecule has 1 fully saturated rings. The van der Waals surface area contributed by atoms with E-state index >= 15 is 0 Å². The second-order valence-corrected chi connectivity index (χ2v) is 7.58. The average Bonchev–Trinajstić information content (AvgIpc) is 3.30. The molecule has 3 nitrogen and oxygen atoms in total. The van der Waals surface area contributed by atoms with Gasteiger partial charge in [0.25, 0.3) is 5.91 Å². The topological polar surface area (TPSA) is 44.9 Å². The van der Waals surface area contributed by atoms with Crippen LogP contribution < -0.4 is 5.32 Å². The van der Waals surface area contributed by atoms with E-state index in [4.69, 9.17) is 23.2 Å². The number of H-pyrrole nitrogens is 1. The molecule has 3 aromatic rings. The number of aromatic nitrogens is 1. The predicted octanol–water partition coefficient (Wildman–Crippen LogP) is 5.24. The third kappa shape index (κ3) is 2.92. The molecular formula is C20H18Cl2N2O. The molecule has 1 heterocycles. The zero-order valence-electron chi connectivity index (χ0n) is 13.8. The lowest BCUT2D eigenvalue weighted by molar-refractivity contribution is 0.0949. The molecule has 0 radical (unpaired) electrons. The molecular weight excluding hydrogens is 355 g/mol. The molecule has 0 spiro atoms. The van der Waals surface area contributed by atoms with E-state index < -0.39 is 0 Å². The van der Waals surface area contributed by atoms with Gasteiger partial charge in [0.2, 0.25) is 0 Å². The number of aryl methyl sites for hydroxylation is 1. The maximum absolute atomic E-state index is 12.5. The summed E-state index contributed by atoms with van der Waals surface area (Å²) in [7, 11) is 0. The van der Waals surface area contributed by atoms with E-state index in [1.54, 1.807) is 18.2 Å². The lowest BCUT2D eigenvalue weighted by Gasteiger charge is -2.17. The number of benzene rings is 2.